The van der Waals surface area contributed by atoms with E-state index in [9.17, 15) is 14.0 Å². The van der Waals surface area contributed by atoms with E-state index in [-0.39, 0.29) is 23.7 Å². The van der Waals surface area contributed by atoms with Gasteiger partial charge in [0.15, 0.2) is 0 Å². The summed E-state index contributed by atoms with van der Waals surface area (Å²) in [7, 11) is 0. The summed E-state index contributed by atoms with van der Waals surface area (Å²) in [5.41, 5.74) is 2.42. The number of hydrogen-bond acceptors (Lipinski definition) is 4. The van der Waals surface area contributed by atoms with Gasteiger partial charge in [-0.2, -0.15) is 5.10 Å². The predicted molar refractivity (Wildman–Crippen MR) is 106 cm³/mol. The van der Waals surface area contributed by atoms with Crippen LogP contribution < -0.4 is 16.0 Å². The minimum Gasteiger partial charge on any atom is -0.355 e. The van der Waals surface area contributed by atoms with Gasteiger partial charge in [0.25, 0.3) is 0 Å². The number of amides is 3. The second kappa shape index (κ2) is 7.86. The monoisotopic (exact) mass is 396 g/mol. The maximum absolute atomic E-state index is 13.0. The zero-order chi connectivity index (χ0) is 20.4. The van der Waals surface area contributed by atoms with E-state index < -0.39 is 6.03 Å². The molecule has 2 aromatic heterocycles. The standard InChI is InChI=1S/C20H21FN6O2/c1-11(12-2-5-14(21)6-3-12)24-20(29)25-17-8-16-15(10-22-17)19(27-26-16)13-4-7-18(28)23-9-13/h2-3,5-6,8,10-11,13H,4,7,9H2,1H3,(H,23,28)(H,26,27)(H2,22,24,25,29)/t11-,13?/m1/s1. The largest absolute Gasteiger partial charge is 0.355 e. The molecule has 1 aromatic carbocycles. The maximum atomic E-state index is 13.0. The van der Waals surface area contributed by atoms with Gasteiger partial charge in [0.2, 0.25) is 5.91 Å². The fourth-order valence-electron chi connectivity index (χ4n) is 3.47. The van der Waals surface area contributed by atoms with Crippen LogP contribution in [-0.2, 0) is 4.79 Å². The van der Waals surface area contributed by atoms with Crippen LogP contribution in [0.2, 0.25) is 0 Å². The van der Waals surface area contributed by atoms with Gasteiger partial charge in [-0.05, 0) is 31.0 Å². The van der Waals surface area contributed by atoms with Crippen molar-refractivity contribution in [3.05, 3.63) is 53.6 Å². The molecule has 8 nitrogen and oxygen atoms in total. The number of aromatic nitrogens is 3. The van der Waals surface area contributed by atoms with E-state index >= 15 is 0 Å². The smallest absolute Gasteiger partial charge is 0.320 e. The normalized spacial score (nSPS) is 17.6. The molecule has 0 aliphatic carbocycles. The molecular formula is C20H21FN6O2. The number of pyridine rings is 1. The van der Waals surface area contributed by atoms with Gasteiger partial charge in [0.1, 0.15) is 11.6 Å². The molecule has 4 rings (SSSR count). The Labute approximate surface area is 166 Å². The van der Waals surface area contributed by atoms with Crippen molar-refractivity contribution in [3.8, 4) is 0 Å². The van der Waals surface area contributed by atoms with E-state index in [1.165, 1.54) is 12.1 Å². The second-order valence-corrected chi connectivity index (χ2v) is 7.14. The lowest BCUT2D eigenvalue weighted by molar-refractivity contribution is -0.122. The molecule has 1 aliphatic heterocycles. The van der Waals surface area contributed by atoms with Crippen molar-refractivity contribution in [2.45, 2.75) is 31.7 Å². The van der Waals surface area contributed by atoms with Crippen LogP contribution >= 0.6 is 0 Å². The van der Waals surface area contributed by atoms with Crippen molar-refractivity contribution >= 4 is 28.7 Å². The Morgan fingerprint density at radius 1 is 1.31 bits per heavy atom. The molecule has 4 N–H and O–H groups in total. The third-order valence-electron chi connectivity index (χ3n) is 5.10. The number of piperidine rings is 1. The molecule has 1 aliphatic rings. The Morgan fingerprint density at radius 3 is 2.83 bits per heavy atom. The van der Waals surface area contributed by atoms with E-state index in [1.54, 1.807) is 24.4 Å². The number of urea groups is 1. The molecule has 0 radical (unpaired) electrons. The highest BCUT2D eigenvalue weighted by Crippen LogP contribution is 2.28. The highest BCUT2D eigenvalue weighted by molar-refractivity contribution is 5.91. The fourth-order valence-corrected chi connectivity index (χ4v) is 3.47. The summed E-state index contributed by atoms with van der Waals surface area (Å²) in [5.74, 6) is 0.280. The topological polar surface area (TPSA) is 112 Å². The molecule has 3 amide bonds. The predicted octanol–water partition coefficient (Wildman–Crippen LogP) is 2.97. The Balaban J connectivity index is 1.42. The maximum Gasteiger partial charge on any atom is 0.320 e. The van der Waals surface area contributed by atoms with E-state index in [0.717, 1.165) is 23.1 Å². The number of H-pyrrole nitrogens is 1. The molecule has 3 aromatic rings. The number of nitrogens with one attached hydrogen (secondary N) is 4. The Bertz CT molecular complexity index is 1040. The summed E-state index contributed by atoms with van der Waals surface area (Å²) in [6.07, 6.45) is 2.92. The number of nitrogens with zero attached hydrogens (tertiary/aromatic N) is 2. The van der Waals surface area contributed by atoms with Crippen molar-refractivity contribution in [1.82, 2.24) is 25.8 Å². The number of halogens is 1. The minimum atomic E-state index is -0.417. The molecule has 1 unspecified atom stereocenters. The molecule has 150 valence electrons. The van der Waals surface area contributed by atoms with E-state index in [2.05, 4.69) is 31.1 Å². The first-order valence-electron chi connectivity index (χ1n) is 9.43. The van der Waals surface area contributed by atoms with Gasteiger partial charge in [-0.1, -0.05) is 12.1 Å². The number of fused-ring (bicyclic) bond motifs is 1. The van der Waals surface area contributed by atoms with Crippen molar-refractivity contribution in [2.24, 2.45) is 0 Å². The van der Waals surface area contributed by atoms with Crippen LogP contribution in [0.5, 0.6) is 0 Å². The molecule has 1 fully saturated rings. The summed E-state index contributed by atoms with van der Waals surface area (Å²) in [4.78, 5) is 27.9. The first-order valence-corrected chi connectivity index (χ1v) is 9.43. The lowest BCUT2D eigenvalue weighted by Crippen LogP contribution is -2.33. The SMILES string of the molecule is C[C@@H](NC(=O)Nc1cc2n[nH]c(C3CCC(=O)NC3)c2cn1)c1ccc(F)cc1. The van der Waals surface area contributed by atoms with Crippen LogP contribution in [-0.4, -0.2) is 33.7 Å². The minimum absolute atomic E-state index is 0.0653. The molecule has 9 heteroatoms. The molecule has 1 saturated heterocycles. The summed E-state index contributed by atoms with van der Waals surface area (Å²) in [5, 5.41) is 16.6. The molecule has 0 saturated carbocycles. The molecule has 29 heavy (non-hydrogen) atoms. The number of carbonyl (C=O) groups is 2. The van der Waals surface area contributed by atoms with Crippen molar-refractivity contribution in [2.75, 3.05) is 11.9 Å². The second-order valence-electron chi connectivity index (χ2n) is 7.14. The van der Waals surface area contributed by atoms with Crippen molar-refractivity contribution < 1.29 is 14.0 Å². The highest BCUT2D eigenvalue weighted by Gasteiger charge is 2.23. The van der Waals surface area contributed by atoms with Gasteiger partial charge in [-0.3, -0.25) is 15.2 Å². The summed E-state index contributed by atoms with van der Waals surface area (Å²) in [6.45, 7) is 2.38. The van der Waals surface area contributed by atoms with Gasteiger partial charge >= 0.3 is 6.03 Å². The lowest BCUT2D eigenvalue weighted by Gasteiger charge is -2.21. The number of hydrogen-bond donors (Lipinski definition) is 4. The van der Waals surface area contributed by atoms with Crippen molar-refractivity contribution in [1.29, 1.82) is 0 Å². The van der Waals surface area contributed by atoms with Crippen molar-refractivity contribution in [3.63, 3.8) is 0 Å². The van der Waals surface area contributed by atoms with Crippen LogP contribution in [0.4, 0.5) is 15.0 Å². The average Bonchev–Trinajstić information content (AvgIpc) is 3.12. The van der Waals surface area contributed by atoms with E-state index in [1.807, 2.05) is 6.92 Å². The first-order chi connectivity index (χ1) is 14.0. The van der Waals surface area contributed by atoms with Gasteiger partial charge in [0.05, 0.1) is 11.6 Å². The summed E-state index contributed by atoms with van der Waals surface area (Å²) in [6, 6.07) is 6.95. The van der Waals surface area contributed by atoms with Gasteiger partial charge < -0.3 is 10.6 Å². The van der Waals surface area contributed by atoms with E-state index in [4.69, 9.17) is 0 Å². The van der Waals surface area contributed by atoms with E-state index in [0.29, 0.717) is 24.3 Å². The average molecular weight is 396 g/mol. The number of rotatable bonds is 4. The number of aromatic amines is 1. The number of anilines is 1. The Hall–Kier alpha value is -3.49. The summed E-state index contributed by atoms with van der Waals surface area (Å²) >= 11 is 0. The first kappa shape index (κ1) is 18.9. The Kier molecular flexibility index (Phi) is 5.11. The van der Waals surface area contributed by atoms with Crippen LogP contribution in [0.1, 0.15) is 43.0 Å². The molecule has 0 bridgehead atoms. The molecule has 3 heterocycles. The van der Waals surface area contributed by atoms with Gasteiger partial charge in [-0.15, -0.1) is 0 Å². The number of carbonyl (C=O) groups excluding carboxylic acids is 2. The lowest BCUT2D eigenvalue weighted by atomic mass is 9.94. The highest BCUT2D eigenvalue weighted by atomic mass is 19.1. The quantitative estimate of drug-likeness (QED) is 0.543. The van der Waals surface area contributed by atoms with Gasteiger partial charge in [0, 0.05) is 42.2 Å². The number of benzene rings is 1. The van der Waals surface area contributed by atoms with Crippen LogP contribution in [0.3, 0.4) is 0 Å². The fraction of sp³-hybridized carbons (Fsp3) is 0.300. The third-order valence-corrected chi connectivity index (χ3v) is 5.10. The van der Waals surface area contributed by atoms with Crippen LogP contribution in [0.15, 0.2) is 36.5 Å². The van der Waals surface area contributed by atoms with Crippen LogP contribution in [0.25, 0.3) is 10.9 Å². The molecule has 0 spiro atoms. The third kappa shape index (κ3) is 4.18. The zero-order valence-electron chi connectivity index (χ0n) is 15.8. The van der Waals surface area contributed by atoms with Crippen LogP contribution in [0, 0.1) is 5.82 Å². The molecule has 2 atom stereocenters. The molecular weight excluding hydrogens is 375 g/mol. The zero-order valence-corrected chi connectivity index (χ0v) is 15.8. The Morgan fingerprint density at radius 2 is 2.10 bits per heavy atom. The van der Waals surface area contributed by atoms with Gasteiger partial charge in [-0.25, -0.2) is 14.2 Å². The summed E-state index contributed by atoms with van der Waals surface area (Å²) < 4.78 is 13.0.